The van der Waals surface area contributed by atoms with Gasteiger partial charge >= 0.3 is 0 Å². The fraction of sp³-hybridized carbons (Fsp3) is 0.190. The van der Waals surface area contributed by atoms with Crippen LogP contribution in [0.1, 0.15) is 32.9 Å². The van der Waals surface area contributed by atoms with Crippen LogP contribution >= 0.6 is 0 Å². The summed E-state index contributed by atoms with van der Waals surface area (Å²) in [5.74, 6) is -0.256. The van der Waals surface area contributed by atoms with E-state index in [-0.39, 0.29) is 18.0 Å². The van der Waals surface area contributed by atoms with Crippen molar-refractivity contribution in [3.63, 3.8) is 0 Å². The lowest BCUT2D eigenvalue weighted by Gasteiger charge is -2.07. The lowest BCUT2D eigenvalue weighted by Crippen LogP contribution is -2.28. The molecule has 136 valence electrons. The van der Waals surface area contributed by atoms with Crippen LogP contribution in [0.2, 0.25) is 0 Å². The standard InChI is InChI=1S/C21H20N4O2/c1-12-6-7-15-10-16(20(26)24-17(15)9-12)11-22-21(27)18-14(3)23-19-13(2)5-4-8-25(18)19/h4-10H,11H2,1-3H3,(H,22,27)(H,24,26). The Balaban J connectivity index is 1.63. The van der Waals surface area contributed by atoms with Gasteiger partial charge in [0.2, 0.25) is 0 Å². The monoisotopic (exact) mass is 360 g/mol. The Bertz CT molecular complexity index is 1250. The largest absolute Gasteiger partial charge is 0.346 e. The molecular weight excluding hydrogens is 340 g/mol. The van der Waals surface area contributed by atoms with Crippen molar-refractivity contribution >= 4 is 22.5 Å². The number of nitrogens with zero attached hydrogens (tertiary/aromatic N) is 2. The number of hydrogen-bond donors (Lipinski definition) is 2. The Kier molecular flexibility index (Phi) is 4.03. The van der Waals surface area contributed by atoms with Crippen LogP contribution in [0.25, 0.3) is 16.6 Å². The number of amides is 1. The number of nitrogens with one attached hydrogen (secondary N) is 2. The van der Waals surface area contributed by atoms with Gasteiger partial charge in [-0.05, 0) is 55.5 Å². The number of carbonyl (C=O) groups is 1. The number of H-pyrrole nitrogens is 1. The number of aryl methyl sites for hydroxylation is 3. The van der Waals surface area contributed by atoms with Crippen LogP contribution in [0.5, 0.6) is 0 Å². The Labute approximate surface area is 155 Å². The molecule has 0 bridgehead atoms. The van der Waals surface area contributed by atoms with Crippen LogP contribution in [0.15, 0.2) is 47.4 Å². The van der Waals surface area contributed by atoms with Crippen molar-refractivity contribution in [1.82, 2.24) is 19.7 Å². The minimum atomic E-state index is -0.256. The number of benzene rings is 1. The quantitative estimate of drug-likeness (QED) is 0.589. The average Bonchev–Trinajstić information content (AvgIpc) is 2.97. The molecule has 3 heterocycles. The van der Waals surface area contributed by atoms with Crippen molar-refractivity contribution in [2.45, 2.75) is 27.3 Å². The summed E-state index contributed by atoms with van der Waals surface area (Å²) in [5.41, 5.74) is 5.11. The third-order valence-corrected chi connectivity index (χ3v) is 4.75. The first kappa shape index (κ1) is 17.0. The van der Waals surface area contributed by atoms with Gasteiger partial charge in [-0.3, -0.25) is 14.0 Å². The summed E-state index contributed by atoms with van der Waals surface area (Å²) in [6, 6.07) is 11.6. The van der Waals surface area contributed by atoms with Crippen molar-refractivity contribution in [3.05, 3.63) is 81.0 Å². The van der Waals surface area contributed by atoms with Crippen molar-refractivity contribution in [3.8, 4) is 0 Å². The van der Waals surface area contributed by atoms with Gasteiger partial charge in [-0.1, -0.05) is 18.2 Å². The molecule has 0 fully saturated rings. The number of hydrogen-bond acceptors (Lipinski definition) is 3. The first-order chi connectivity index (χ1) is 12.9. The summed E-state index contributed by atoms with van der Waals surface area (Å²) < 4.78 is 1.79. The molecule has 1 aromatic carbocycles. The maximum atomic E-state index is 12.8. The molecular formula is C21H20N4O2. The van der Waals surface area contributed by atoms with E-state index < -0.39 is 0 Å². The van der Waals surface area contributed by atoms with Crippen molar-refractivity contribution in [2.24, 2.45) is 0 Å². The van der Waals surface area contributed by atoms with Crippen LogP contribution in [0.4, 0.5) is 0 Å². The van der Waals surface area contributed by atoms with Gasteiger partial charge in [0.15, 0.2) is 0 Å². The second kappa shape index (κ2) is 6.39. The molecule has 2 N–H and O–H groups in total. The zero-order valence-corrected chi connectivity index (χ0v) is 15.5. The predicted molar refractivity (Wildman–Crippen MR) is 105 cm³/mol. The van der Waals surface area contributed by atoms with E-state index in [9.17, 15) is 9.59 Å². The molecule has 0 aliphatic rings. The van der Waals surface area contributed by atoms with E-state index in [2.05, 4.69) is 15.3 Å². The number of fused-ring (bicyclic) bond motifs is 2. The van der Waals surface area contributed by atoms with Gasteiger partial charge in [0.25, 0.3) is 11.5 Å². The van der Waals surface area contributed by atoms with Crippen molar-refractivity contribution in [2.75, 3.05) is 0 Å². The summed E-state index contributed by atoms with van der Waals surface area (Å²) in [6.07, 6.45) is 1.82. The highest BCUT2D eigenvalue weighted by molar-refractivity contribution is 5.94. The molecule has 6 heteroatoms. The third-order valence-electron chi connectivity index (χ3n) is 4.75. The Hall–Kier alpha value is -3.41. The molecule has 0 aliphatic heterocycles. The number of rotatable bonds is 3. The highest BCUT2D eigenvalue weighted by Gasteiger charge is 2.17. The molecule has 1 amide bonds. The van der Waals surface area contributed by atoms with E-state index in [0.29, 0.717) is 17.0 Å². The van der Waals surface area contributed by atoms with Gasteiger partial charge in [-0.15, -0.1) is 0 Å². The normalized spacial score (nSPS) is 11.2. The maximum absolute atomic E-state index is 12.8. The maximum Gasteiger partial charge on any atom is 0.270 e. The summed E-state index contributed by atoms with van der Waals surface area (Å²) in [7, 11) is 0. The minimum absolute atomic E-state index is 0.149. The molecule has 27 heavy (non-hydrogen) atoms. The molecule has 0 saturated heterocycles. The van der Waals surface area contributed by atoms with Crippen LogP contribution < -0.4 is 10.9 Å². The Morgan fingerprint density at radius 2 is 2.00 bits per heavy atom. The number of aromatic amines is 1. The zero-order valence-electron chi connectivity index (χ0n) is 15.5. The van der Waals surface area contributed by atoms with Crippen LogP contribution in [-0.4, -0.2) is 20.3 Å². The molecule has 0 radical (unpaired) electrons. The average molecular weight is 360 g/mol. The van der Waals surface area contributed by atoms with E-state index in [4.69, 9.17) is 0 Å². The van der Waals surface area contributed by atoms with Gasteiger partial charge in [0.1, 0.15) is 11.3 Å². The van der Waals surface area contributed by atoms with Gasteiger partial charge in [0, 0.05) is 23.8 Å². The molecule has 3 aromatic heterocycles. The SMILES string of the molecule is Cc1ccc2cc(CNC(=O)c3c(C)nc4c(C)cccn34)c(=O)[nH]c2c1. The minimum Gasteiger partial charge on any atom is -0.346 e. The number of pyridine rings is 2. The van der Waals surface area contributed by atoms with E-state index in [0.717, 1.165) is 27.7 Å². The summed E-state index contributed by atoms with van der Waals surface area (Å²) in [5, 5.41) is 3.79. The summed E-state index contributed by atoms with van der Waals surface area (Å²) in [4.78, 5) is 32.5. The lowest BCUT2D eigenvalue weighted by molar-refractivity contribution is 0.0944. The number of aromatic nitrogens is 3. The van der Waals surface area contributed by atoms with Gasteiger partial charge in [0.05, 0.1) is 5.69 Å². The molecule has 4 rings (SSSR count). The Morgan fingerprint density at radius 3 is 2.81 bits per heavy atom. The predicted octanol–water partition coefficient (Wildman–Crippen LogP) is 3.03. The van der Waals surface area contributed by atoms with Crippen molar-refractivity contribution < 1.29 is 4.79 Å². The highest BCUT2D eigenvalue weighted by Crippen LogP contribution is 2.16. The zero-order chi connectivity index (χ0) is 19.1. The second-order valence-electron chi connectivity index (χ2n) is 6.83. The van der Waals surface area contributed by atoms with E-state index >= 15 is 0 Å². The number of carbonyl (C=O) groups excluding carboxylic acids is 1. The highest BCUT2D eigenvalue weighted by atomic mass is 16.2. The first-order valence-corrected chi connectivity index (χ1v) is 8.79. The van der Waals surface area contributed by atoms with Gasteiger partial charge < -0.3 is 10.3 Å². The Morgan fingerprint density at radius 1 is 1.19 bits per heavy atom. The second-order valence-corrected chi connectivity index (χ2v) is 6.83. The van der Waals surface area contributed by atoms with E-state index in [1.807, 2.05) is 63.4 Å². The fourth-order valence-electron chi connectivity index (χ4n) is 3.34. The molecule has 6 nitrogen and oxygen atoms in total. The third kappa shape index (κ3) is 2.99. The van der Waals surface area contributed by atoms with Crippen LogP contribution in [-0.2, 0) is 6.54 Å². The molecule has 0 atom stereocenters. The summed E-state index contributed by atoms with van der Waals surface area (Å²) >= 11 is 0. The molecule has 4 aromatic rings. The van der Waals surface area contributed by atoms with Crippen molar-refractivity contribution in [1.29, 1.82) is 0 Å². The molecule has 0 spiro atoms. The first-order valence-electron chi connectivity index (χ1n) is 8.79. The topological polar surface area (TPSA) is 79.3 Å². The van der Waals surface area contributed by atoms with E-state index in [1.165, 1.54) is 0 Å². The molecule has 0 saturated carbocycles. The lowest BCUT2D eigenvalue weighted by atomic mass is 10.1. The van der Waals surface area contributed by atoms with Gasteiger partial charge in [-0.2, -0.15) is 0 Å². The number of imidazole rings is 1. The fourth-order valence-corrected chi connectivity index (χ4v) is 3.34. The van der Waals surface area contributed by atoms with E-state index in [1.54, 1.807) is 4.40 Å². The molecule has 0 unspecified atom stereocenters. The molecule has 0 aliphatic carbocycles. The van der Waals surface area contributed by atoms with Crippen LogP contribution in [0, 0.1) is 20.8 Å². The van der Waals surface area contributed by atoms with Gasteiger partial charge in [-0.25, -0.2) is 4.98 Å². The van der Waals surface area contributed by atoms with Crippen LogP contribution in [0.3, 0.4) is 0 Å². The smallest absolute Gasteiger partial charge is 0.270 e. The summed E-state index contributed by atoms with van der Waals surface area (Å²) in [6.45, 7) is 5.90.